The van der Waals surface area contributed by atoms with Crippen LogP contribution < -0.4 is 10.6 Å². The lowest BCUT2D eigenvalue weighted by Gasteiger charge is -2.21. The van der Waals surface area contributed by atoms with E-state index in [2.05, 4.69) is 9.97 Å². The zero-order valence-electron chi connectivity index (χ0n) is 11.9. The minimum absolute atomic E-state index is 0.119. The van der Waals surface area contributed by atoms with Gasteiger partial charge in [-0.05, 0) is 37.1 Å². The number of amides is 1. The number of carbonyl (C=O) groups is 1. The highest BCUT2D eigenvalue weighted by Gasteiger charge is 2.16. The van der Waals surface area contributed by atoms with Crippen LogP contribution in [0.25, 0.3) is 0 Å². The molecule has 2 rings (SSSR count). The van der Waals surface area contributed by atoms with Gasteiger partial charge in [0, 0.05) is 18.8 Å². The van der Waals surface area contributed by atoms with E-state index in [1.54, 1.807) is 12.3 Å². The highest BCUT2D eigenvalue weighted by Crippen LogP contribution is 2.26. The number of aromatic nitrogens is 2. The number of hydrogen-bond donors (Lipinski definition) is 1. The smallest absolute Gasteiger partial charge is 0.229 e. The van der Waals surface area contributed by atoms with Crippen LogP contribution in [-0.4, -0.2) is 15.9 Å². The van der Waals surface area contributed by atoms with Gasteiger partial charge in [-0.3, -0.25) is 14.7 Å². The molecule has 0 saturated carbocycles. The number of rotatable bonds is 3. The number of aryl methyl sites for hydroxylation is 2. The summed E-state index contributed by atoms with van der Waals surface area (Å²) in [4.78, 5) is 21.9. The fourth-order valence-corrected chi connectivity index (χ4v) is 2.06. The molecular formula is C15H18N4O. The van der Waals surface area contributed by atoms with Gasteiger partial charge in [-0.15, -0.1) is 0 Å². The number of nitrogen functional groups attached to an aromatic ring is 1. The molecule has 0 spiro atoms. The summed E-state index contributed by atoms with van der Waals surface area (Å²) < 4.78 is 0. The van der Waals surface area contributed by atoms with Gasteiger partial charge in [0.1, 0.15) is 11.6 Å². The minimum atomic E-state index is -0.119. The van der Waals surface area contributed by atoms with Gasteiger partial charge in [-0.2, -0.15) is 0 Å². The van der Waals surface area contributed by atoms with Crippen molar-refractivity contribution in [1.29, 1.82) is 0 Å². The van der Waals surface area contributed by atoms with Gasteiger partial charge in [-0.1, -0.05) is 13.0 Å². The Hall–Kier alpha value is -2.43. The zero-order chi connectivity index (χ0) is 14.7. The third-order valence-electron chi connectivity index (χ3n) is 3.06. The average molecular weight is 270 g/mol. The first-order chi connectivity index (χ1) is 9.52. The first kappa shape index (κ1) is 14.0. The Bertz CT molecular complexity index is 640. The normalized spacial score (nSPS) is 10.3. The highest BCUT2D eigenvalue weighted by atomic mass is 16.2. The molecule has 2 aromatic rings. The summed E-state index contributed by atoms with van der Waals surface area (Å²) in [6.07, 6.45) is 2.48. The van der Waals surface area contributed by atoms with Gasteiger partial charge in [0.2, 0.25) is 5.91 Å². The Morgan fingerprint density at radius 1 is 1.35 bits per heavy atom. The summed E-state index contributed by atoms with van der Waals surface area (Å²) in [5, 5.41) is 0. The third kappa shape index (κ3) is 2.77. The summed E-state index contributed by atoms with van der Waals surface area (Å²) in [6.45, 7) is 5.40. The van der Waals surface area contributed by atoms with Crippen molar-refractivity contribution in [2.75, 3.05) is 10.6 Å². The lowest BCUT2D eigenvalue weighted by Crippen LogP contribution is -2.24. The largest absolute Gasteiger partial charge is 0.383 e. The summed E-state index contributed by atoms with van der Waals surface area (Å²) in [7, 11) is 0. The van der Waals surface area contributed by atoms with Crippen molar-refractivity contribution in [3.63, 3.8) is 0 Å². The van der Waals surface area contributed by atoms with Crippen LogP contribution in [0.15, 0.2) is 30.5 Å². The maximum absolute atomic E-state index is 11.9. The number of nitrogens with two attached hydrogens (primary N) is 1. The molecule has 0 aliphatic carbocycles. The second kappa shape index (κ2) is 5.69. The third-order valence-corrected chi connectivity index (χ3v) is 3.06. The standard InChI is InChI=1S/C15H18N4O/c1-4-12-5-6-14(18-15(12)16)19(11(3)20)13-7-8-17-10(2)9-13/h5-9H,4H2,1-3H3,(H2,16,18). The van der Waals surface area contributed by atoms with Gasteiger partial charge >= 0.3 is 0 Å². The van der Waals surface area contributed by atoms with Crippen molar-refractivity contribution in [2.45, 2.75) is 27.2 Å². The molecule has 2 aromatic heterocycles. The van der Waals surface area contributed by atoms with Crippen LogP contribution in [0.4, 0.5) is 17.3 Å². The van der Waals surface area contributed by atoms with Crippen molar-refractivity contribution in [3.05, 3.63) is 41.7 Å². The Balaban J connectivity index is 2.49. The Kier molecular flexibility index (Phi) is 3.98. The first-order valence-corrected chi connectivity index (χ1v) is 6.51. The topological polar surface area (TPSA) is 72.1 Å². The Morgan fingerprint density at radius 2 is 2.10 bits per heavy atom. The molecule has 2 heterocycles. The number of anilines is 3. The average Bonchev–Trinajstić information content (AvgIpc) is 2.39. The molecule has 104 valence electrons. The molecule has 0 atom stereocenters. The van der Waals surface area contributed by atoms with Crippen molar-refractivity contribution >= 4 is 23.2 Å². The van der Waals surface area contributed by atoms with Crippen LogP contribution >= 0.6 is 0 Å². The lowest BCUT2D eigenvalue weighted by atomic mass is 10.2. The van der Waals surface area contributed by atoms with Crippen molar-refractivity contribution in [3.8, 4) is 0 Å². The quantitative estimate of drug-likeness (QED) is 0.930. The van der Waals surface area contributed by atoms with E-state index < -0.39 is 0 Å². The summed E-state index contributed by atoms with van der Waals surface area (Å²) in [5.41, 5.74) is 8.47. The van der Waals surface area contributed by atoms with Crippen LogP contribution in [0.5, 0.6) is 0 Å². The van der Waals surface area contributed by atoms with Gasteiger partial charge in [0.15, 0.2) is 0 Å². The lowest BCUT2D eigenvalue weighted by molar-refractivity contribution is -0.115. The summed E-state index contributed by atoms with van der Waals surface area (Å²) >= 11 is 0. The molecule has 0 aliphatic heterocycles. The summed E-state index contributed by atoms with van der Waals surface area (Å²) in [5.74, 6) is 0.867. The Morgan fingerprint density at radius 3 is 2.65 bits per heavy atom. The van der Waals surface area contributed by atoms with E-state index in [0.29, 0.717) is 11.6 Å². The van der Waals surface area contributed by atoms with Crippen LogP contribution in [-0.2, 0) is 11.2 Å². The molecule has 0 aromatic carbocycles. The van der Waals surface area contributed by atoms with E-state index in [4.69, 9.17) is 5.73 Å². The molecule has 5 nitrogen and oxygen atoms in total. The molecule has 1 amide bonds. The molecule has 0 fully saturated rings. The predicted molar refractivity (Wildman–Crippen MR) is 79.8 cm³/mol. The van der Waals surface area contributed by atoms with Crippen LogP contribution in [0.1, 0.15) is 25.1 Å². The van der Waals surface area contributed by atoms with Crippen LogP contribution in [0.2, 0.25) is 0 Å². The second-order valence-corrected chi connectivity index (χ2v) is 4.58. The molecule has 0 radical (unpaired) electrons. The van der Waals surface area contributed by atoms with E-state index >= 15 is 0 Å². The molecule has 0 saturated heterocycles. The van der Waals surface area contributed by atoms with Crippen molar-refractivity contribution < 1.29 is 4.79 Å². The second-order valence-electron chi connectivity index (χ2n) is 4.58. The highest BCUT2D eigenvalue weighted by molar-refractivity contribution is 5.98. The van der Waals surface area contributed by atoms with E-state index in [9.17, 15) is 4.79 Å². The van der Waals surface area contributed by atoms with E-state index in [1.165, 1.54) is 11.8 Å². The van der Waals surface area contributed by atoms with E-state index in [-0.39, 0.29) is 5.91 Å². The SMILES string of the molecule is CCc1ccc(N(C(C)=O)c2ccnc(C)c2)nc1N. The van der Waals surface area contributed by atoms with Gasteiger partial charge in [0.05, 0.1) is 5.69 Å². The molecule has 0 unspecified atom stereocenters. The van der Waals surface area contributed by atoms with Crippen LogP contribution in [0.3, 0.4) is 0 Å². The van der Waals surface area contributed by atoms with Crippen molar-refractivity contribution in [2.24, 2.45) is 0 Å². The first-order valence-electron chi connectivity index (χ1n) is 6.51. The van der Waals surface area contributed by atoms with Gasteiger partial charge in [-0.25, -0.2) is 4.98 Å². The molecular weight excluding hydrogens is 252 g/mol. The molecule has 0 aliphatic rings. The minimum Gasteiger partial charge on any atom is -0.383 e. The fourth-order valence-electron chi connectivity index (χ4n) is 2.06. The van der Waals surface area contributed by atoms with E-state index in [0.717, 1.165) is 23.4 Å². The number of carbonyl (C=O) groups excluding carboxylic acids is 1. The van der Waals surface area contributed by atoms with Gasteiger partial charge < -0.3 is 5.73 Å². The molecule has 0 bridgehead atoms. The Labute approximate surface area is 118 Å². The van der Waals surface area contributed by atoms with Gasteiger partial charge in [0.25, 0.3) is 0 Å². The number of hydrogen-bond acceptors (Lipinski definition) is 4. The van der Waals surface area contributed by atoms with Crippen LogP contribution in [0, 0.1) is 6.92 Å². The monoisotopic (exact) mass is 270 g/mol. The molecule has 20 heavy (non-hydrogen) atoms. The predicted octanol–water partition coefficient (Wildman–Crippen LogP) is 2.61. The maximum Gasteiger partial charge on any atom is 0.229 e. The maximum atomic E-state index is 11.9. The molecule has 2 N–H and O–H groups in total. The summed E-state index contributed by atoms with van der Waals surface area (Å²) in [6, 6.07) is 7.33. The van der Waals surface area contributed by atoms with Crippen molar-refractivity contribution in [1.82, 2.24) is 9.97 Å². The fraction of sp³-hybridized carbons (Fsp3) is 0.267. The number of nitrogens with zero attached hydrogens (tertiary/aromatic N) is 3. The van der Waals surface area contributed by atoms with E-state index in [1.807, 2.05) is 32.0 Å². The number of pyridine rings is 2. The molecule has 5 heteroatoms. The zero-order valence-corrected chi connectivity index (χ0v) is 11.9.